The van der Waals surface area contributed by atoms with Crippen LogP contribution in [0.3, 0.4) is 0 Å². The highest BCUT2D eigenvalue weighted by Crippen LogP contribution is 2.18. The second-order valence-corrected chi connectivity index (χ2v) is 6.54. The van der Waals surface area contributed by atoms with Crippen LogP contribution < -0.4 is 16.0 Å². The third kappa shape index (κ3) is 8.35. The number of carbonyl (C=O) groups excluding carboxylic acids is 1. The molecule has 1 saturated carbocycles. The minimum atomic E-state index is -0.141. The summed E-state index contributed by atoms with van der Waals surface area (Å²) in [5.41, 5.74) is 2.00. The maximum atomic E-state index is 11.0. The summed E-state index contributed by atoms with van der Waals surface area (Å²) in [4.78, 5) is 15.7. The highest BCUT2D eigenvalue weighted by molar-refractivity contribution is 14.0. The molecule has 0 bridgehead atoms. The van der Waals surface area contributed by atoms with Gasteiger partial charge in [-0.15, -0.1) is 24.0 Å². The molecule has 6 nitrogen and oxygen atoms in total. The number of carbonyl (C=O) groups is 1. The molecular weight excluding hydrogens is 443 g/mol. The van der Waals surface area contributed by atoms with E-state index in [9.17, 15) is 9.90 Å². The van der Waals surface area contributed by atoms with E-state index in [0.29, 0.717) is 12.6 Å². The molecule has 4 N–H and O–H groups in total. The van der Waals surface area contributed by atoms with Crippen molar-refractivity contribution in [2.24, 2.45) is 4.99 Å². The summed E-state index contributed by atoms with van der Waals surface area (Å²) >= 11 is 0. The Morgan fingerprint density at radius 2 is 1.85 bits per heavy atom. The normalized spacial score (nSPS) is 20.0. The number of guanidine groups is 1. The molecule has 0 aliphatic heterocycles. The number of rotatable bonds is 6. The van der Waals surface area contributed by atoms with E-state index < -0.39 is 0 Å². The Bertz CT molecular complexity index is 569. The molecule has 0 heterocycles. The van der Waals surface area contributed by atoms with Crippen molar-refractivity contribution in [3.63, 3.8) is 0 Å². The minimum absolute atomic E-state index is 0. The molecule has 0 unspecified atom stereocenters. The fourth-order valence-electron chi connectivity index (χ4n) is 2.99. The van der Waals surface area contributed by atoms with E-state index in [2.05, 4.69) is 27.9 Å². The van der Waals surface area contributed by atoms with Crippen molar-refractivity contribution < 1.29 is 9.90 Å². The summed E-state index contributed by atoms with van der Waals surface area (Å²) in [5, 5.41) is 19.1. The highest BCUT2D eigenvalue weighted by Gasteiger charge is 2.19. The summed E-state index contributed by atoms with van der Waals surface area (Å²) in [6.07, 6.45) is 4.39. The molecular formula is C19H31IN4O2. The van der Waals surface area contributed by atoms with Gasteiger partial charge in [0.25, 0.3) is 0 Å². The number of aliphatic hydroxyl groups is 1. The molecule has 1 amide bonds. The quantitative estimate of drug-likeness (QED) is 0.290. The Hall–Kier alpha value is -1.35. The molecule has 0 radical (unpaired) electrons. The zero-order chi connectivity index (χ0) is 18.1. The van der Waals surface area contributed by atoms with Crippen LogP contribution in [-0.4, -0.2) is 42.2 Å². The number of halogens is 1. The van der Waals surface area contributed by atoms with Gasteiger partial charge in [0.15, 0.2) is 5.96 Å². The molecule has 0 spiro atoms. The fourth-order valence-corrected chi connectivity index (χ4v) is 2.99. The van der Waals surface area contributed by atoms with Crippen LogP contribution in [0, 0.1) is 0 Å². The largest absolute Gasteiger partial charge is 0.393 e. The van der Waals surface area contributed by atoms with Crippen LogP contribution >= 0.6 is 24.0 Å². The SMILES string of the molecule is CCNC(=NCCc1ccc(NC(C)=O)cc1)NC1CCC(O)CC1.I. The number of anilines is 1. The van der Waals surface area contributed by atoms with E-state index >= 15 is 0 Å². The van der Waals surface area contributed by atoms with E-state index in [1.807, 2.05) is 24.3 Å². The van der Waals surface area contributed by atoms with E-state index in [4.69, 9.17) is 0 Å². The van der Waals surface area contributed by atoms with Crippen LogP contribution in [0.25, 0.3) is 0 Å². The van der Waals surface area contributed by atoms with Gasteiger partial charge in [0, 0.05) is 31.7 Å². The van der Waals surface area contributed by atoms with Gasteiger partial charge in [-0.25, -0.2) is 0 Å². The zero-order valence-electron chi connectivity index (χ0n) is 15.6. The van der Waals surface area contributed by atoms with Gasteiger partial charge < -0.3 is 21.1 Å². The molecule has 0 aromatic heterocycles. The van der Waals surface area contributed by atoms with Crippen LogP contribution in [0.15, 0.2) is 29.3 Å². The maximum Gasteiger partial charge on any atom is 0.221 e. The standard InChI is InChI=1S/C19H30N4O2.HI/c1-3-20-19(23-17-8-10-18(25)11-9-17)21-13-12-15-4-6-16(7-5-15)22-14(2)24;/h4-7,17-18,25H,3,8-13H2,1-2H3,(H,22,24)(H2,20,21,23);1H. The van der Waals surface area contributed by atoms with Crippen LogP contribution in [0.1, 0.15) is 45.1 Å². The van der Waals surface area contributed by atoms with Crippen molar-refractivity contribution in [1.82, 2.24) is 10.6 Å². The molecule has 0 saturated heterocycles. The number of nitrogens with zero attached hydrogens (tertiary/aromatic N) is 1. The summed E-state index contributed by atoms with van der Waals surface area (Å²) in [5.74, 6) is 0.785. The molecule has 1 aromatic carbocycles. The lowest BCUT2D eigenvalue weighted by Crippen LogP contribution is -2.45. The number of nitrogens with one attached hydrogen (secondary N) is 3. The van der Waals surface area contributed by atoms with Gasteiger partial charge >= 0.3 is 0 Å². The molecule has 7 heteroatoms. The molecule has 1 aliphatic carbocycles. The van der Waals surface area contributed by atoms with Gasteiger partial charge in [-0.1, -0.05) is 12.1 Å². The summed E-state index contributed by atoms with van der Waals surface area (Å²) in [6.45, 7) is 5.09. The number of hydrogen-bond donors (Lipinski definition) is 4. The van der Waals surface area contributed by atoms with Gasteiger partial charge in [-0.2, -0.15) is 0 Å². The Labute approximate surface area is 173 Å². The molecule has 2 rings (SSSR count). The van der Waals surface area contributed by atoms with Crippen molar-refractivity contribution in [2.45, 2.75) is 58.1 Å². The van der Waals surface area contributed by atoms with E-state index in [-0.39, 0.29) is 36.0 Å². The molecule has 1 aromatic rings. The van der Waals surface area contributed by atoms with Crippen molar-refractivity contribution in [3.05, 3.63) is 29.8 Å². The third-order valence-corrected chi connectivity index (χ3v) is 4.33. The minimum Gasteiger partial charge on any atom is -0.393 e. The van der Waals surface area contributed by atoms with E-state index in [1.165, 1.54) is 12.5 Å². The van der Waals surface area contributed by atoms with Crippen LogP contribution in [-0.2, 0) is 11.2 Å². The number of aliphatic imine (C=N–C) groups is 1. The lowest BCUT2D eigenvalue weighted by atomic mass is 9.93. The molecule has 1 aliphatic rings. The number of aliphatic hydroxyl groups excluding tert-OH is 1. The predicted molar refractivity (Wildman–Crippen MR) is 117 cm³/mol. The van der Waals surface area contributed by atoms with Crippen molar-refractivity contribution in [2.75, 3.05) is 18.4 Å². The van der Waals surface area contributed by atoms with Crippen molar-refractivity contribution in [3.8, 4) is 0 Å². The van der Waals surface area contributed by atoms with Crippen molar-refractivity contribution in [1.29, 1.82) is 0 Å². The second kappa shape index (κ2) is 12.1. The topological polar surface area (TPSA) is 85.8 Å². The summed E-state index contributed by atoms with van der Waals surface area (Å²) in [6, 6.07) is 8.25. The Morgan fingerprint density at radius 3 is 2.42 bits per heavy atom. The first kappa shape index (κ1) is 22.7. The lowest BCUT2D eigenvalue weighted by Gasteiger charge is -2.27. The molecule has 1 fully saturated rings. The monoisotopic (exact) mass is 474 g/mol. The average Bonchev–Trinajstić information content (AvgIpc) is 2.58. The maximum absolute atomic E-state index is 11.0. The van der Waals surface area contributed by atoms with Crippen LogP contribution in [0.5, 0.6) is 0 Å². The fraction of sp³-hybridized carbons (Fsp3) is 0.579. The zero-order valence-corrected chi connectivity index (χ0v) is 18.0. The smallest absolute Gasteiger partial charge is 0.221 e. The van der Waals surface area contributed by atoms with Crippen LogP contribution in [0.4, 0.5) is 5.69 Å². The molecule has 0 atom stereocenters. The van der Waals surface area contributed by atoms with Gasteiger partial charge in [0.05, 0.1) is 6.10 Å². The van der Waals surface area contributed by atoms with Crippen LogP contribution in [0.2, 0.25) is 0 Å². The number of amides is 1. The Balaban J connectivity index is 0.00000338. The first-order chi connectivity index (χ1) is 12.1. The Kier molecular flexibility index (Phi) is 10.6. The first-order valence-electron chi connectivity index (χ1n) is 9.16. The van der Waals surface area contributed by atoms with Crippen molar-refractivity contribution >= 4 is 41.5 Å². The first-order valence-corrected chi connectivity index (χ1v) is 9.16. The number of benzene rings is 1. The number of hydrogen-bond acceptors (Lipinski definition) is 3. The average molecular weight is 474 g/mol. The molecule has 26 heavy (non-hydrogen) atoms. The Morgan fingerprint density at radius 1 is 1.19 bits per heavy atom. The molecule has 146 valence electrons. The predicted octanol–water partition coefficient (Wildman–Crippen LogP) is 2.66. The summed E-state index contributed by atoms with van der Waals surface area (Å²) < 4.78 is 0. The third-order valence-electron chi connectivity index (χ3n) is 4.33. The van der Waals surface area contributed by atoms with Gasteiger partial charge in [0.1, 0.15) is 0 Å². The van der Waals surface area contributed by atoms with Gasteiger partial charge in [-0.3, -0.25) is 9.79 Å². The highest BCUT2D eigenvalue weighted by atomic mass is 127. The second-order valence-electron chi connectivity index (χ2n) is 6.54. The summed E-state index contributed by atoms with van der Waals surface area (Å²) in [7, 11) is 0. The lowest BCUT2D eigenvalue weighted by molar-refractivity contribution is -0.114. The van der Waals surface area contributed by atoms with E-state index in [0.717, 1.165) is 50.3 Å². The van der Waals surface area contributed by atoms with E-state index in [1.54, 1.807) is 0 Å². The van der Waals surface area contributed by atoms with Gasteiger partial charge in [0.2, 0.25) is 5.91 Å². The van der Waals surface area contributed by atoms with Gasteiger partial charge in [-0.05, 0) is 56.7 Å².